The molecule has 0 aromatic carbocycles. The third kappa shape index (κ3) is 2.46. The average Bonchev–Trinajstić information content (AvgIpc) is 2.89. The molecule has 0 radical (unpaired) electrons. The maximum absolute atomic E-state index is 12.2. The van der Waals surface area contributed by atoms with Crippen LogP contribution in [0.4, 0.5) is 5.13 Å². The molecule has 2 N–H and O–H groups in total. The fourth-order valence-corrected chi connectivity index (χ4v) is 5.52. The fourth-order valence-electron chi connectivity index (χ4n) is 5.00. The Bertz CT molecular complexity index is 534. The quantitative estimate of drug-likeness (QED) is 0.823. The second kappa shape index (κ2) is 4.80. The molecule has 2 amide bonds. The molecule has 0 saturated heterocycles. The molecule has 4 saturated carbocycles. The number of carbonyl (C=O) groups is 2. The smallest absolute Gasteiger partial charge is 0.315 e. The first-order chi connectivity index (χ1) is 10.1. The van der Waals surface area contributed by atoms with Crippen LogP contribution in [-0.4, -0.2) is 22.3 Å². The number of hydrogen-bond donors (Lipinski definition) is 2. The highest BCUT2D eigenvalue weighted by Gasteiger charge is 2.51. The van der Waals surface area contributed by atoms with E-state index in [1.54, 1.807) is 11.6 Å². The van der Waals surface area contributed by atoms with Gasteiger partial charge >= 0.3 is 11.8 Å². The van der Waals surface area contributed by atoms with E-state index in [-0.39, 0.29) is 5.54 Å². The second-order valence-electron chi connectivity index (χ2n) is 6.94. The van der Waals surface area contributed by atoms with Crippen molar-refractivity contribution in [1.82, 2.24) is 10.3 Å². The largest absolute Gasteiger partial charge is 0.342 e. The van der Waals surface area contributed by atoms with Crippen LogP contribution in [-0.2, 0) is 9.59 Å². The van der Waals surface area contributed by atoms with Gasteiger partial charge in [0.15, 0.2) is 5.13 Å². The Morgan fingerprint density at radius 3 is 2.24 bits per heavy atom. The Kier molecular flexibility index (Phi) is 3.03. The molecular weight excluding hydrogens is 286 g/mol. The van der Waals surface area contributed by atoms with Gasteiger partial charge in [-0.1, -0.05) is 0 Å². The minimum absolute atomic E-state index is 0.119. The lowest BCUT2D eigenvalue weighted by atomic mass is 9.53. The van der Waals surface area contributed by atoms with Gasteiger partial charge in [0.1, 0.15) is 0 Å². The Labute approximate surface area is 127 Å². The number of rotatable bonds is 2. The van der Waals surface area contributed by atoms with E-state index in [4.69, 9.17) is 0 Å². The Morgan fingerprint density at radius 1 is 1.10 bits per heavy atom. The Morgan fingerprint density at radius 2 is 1.71 bits per heavy atom. The van der Waals surface area contributed by atoms with E-state index in [1.807, 2.05) is 0 Å². The fraction of sp³-hybridized carbons (Fsp3) is 0.667. The van der Waals surface area contributed by atoms with E-state index < -0.39 is 11.8 Å². The highest BCUT2D eigenvalue weighted by molar-refractivity contribution is 7.13. The third-order valence-electron chi connectivity index (χ3n) is 5.28. The monoisotopic (exact) mass is 305 g/mol. The molecular formula is C15H19N3O2S. The lowest BCUT2D eigenvalue weighted by Crippen LogP contribution is -2.61. The van der Waals surface area contributed by atoms with Crippen LogP contribution in [0.1, 0.15) is 38.5 Å². The summed E-state index contributed by atoms with van der Waals surface area (Å²) in [6.45, 7) is 0. The highest BCUT2D eigenvalue weighted by Crippen LogP contribution is 2.55. The van der Waals surface area contributed by atoms with Gasteiger partial charge in [0.25, 0.3) is 0 Å². The maximum atomic E-state index is 12.2. The second-order valence-corrected chi connectivity index (χ2v) is 7.84. The lowest BCUT2D eigenvalue weighted by molar-refractivity contribution is -0.139. The molecule has 1 heterocycles. The number of hydrogen-bond acceptors (Lipinski definition) is 4. The van der Waals surface area contributed by atoms with Crippen molar-refractivity contribution in [3.8, 4) is 0 Å². The number of nitrogens with one attached hydrogen (secondary N) is 2. The van der Waals surface area contributed by atoms with Gasteiger partial charge < -0.3 is 5.32 Å². The number of amides is 2. The van der Waals surface area contributed by atoms with Crippen LogP contribution < -0.4 is 10.6 Å². The predicted octanol–water partition coefficient (Wildman–Crippen LogP) is 2.17. The van der Waals surface area contributed by atoms with E-state index in [0.29, 0.717) is 5.13 Å². The normalized spacial score (nSPS) is 36.5. The van der Waals surface area contributed by atoms with Gasteiger partial charge in [-0.15, -0.1) is 11.3 Å². The molecule has 4 aliphatic rings. The summed E-state index contributed by atoms with van der Waals surface area (Å²) in [7, 11) is 0. The number of anilines is 1. The molecule has 21 heavy (non-hydrogen) atoms. The zero-order valence-electron chi connectivity index (χ0n) is 11.8. The average molecular weight is 305 g/mol. The van der Waals surface area contributed by atoms with Gasteiger partial charge in [-0.25, -0.2) is 4.98 Å². The SMILES string of the molecule is O=C(Nc1nccs1)C(=O)NC12CC3CC(CC(C3)C1)C2. The molecule has 5 nitrogen and oxygen atoms in total. The van der Waals surface area contributed by atoms with Crippen molar-refractivity contribution in [2.75, 3.05) is 5.32 Å². The molecule has 112 valence electrons. The molecule has 0 unspecified atom stereocenters. The Hall–Kier alpha value is -1.43. The molecule has 1 aromatic heterocycles. The molecule has 1 aromatic rings. The summed E-state index contributed by atoms with van der Waals surface area (Å²) in [5.41, 5.74) is -0.119. The van der Waals surface area contributed by atoms with Crippen molar-refractivity contribution in [3.05, 3.63) is 11.6 Å². The highest BCUT2D eigenvalue weighted by atomic mass is 32.1. The molecule has 0 atom stereocenters. The lowest BCUT2D eigenvalue weighted by Gasteiger charge is -2.56. The molecule has 6 heteroatoms. The van der Waals surface area contributed by atoms with E-state index >= 15 is 0 Å². The summed E-state index contributed by atoms with van der Waals surface area (Å²) in [5, 5.41) is 7.87. The number of thiazole rings is 1. The van der Waals surface area contributed by atoms with Crippen molar-refractivity contribution in [2.45, 2.75) is 44.1 Å². The number of aromatic nitrogens is 1. The van der Waals surface area contributed by atoms with Crippen molar-refractivity contribution >= 4 is 28.3 Å². The topological polar surface area (TPSA) is 71.1 Å². The van der Waals surface area contributed by atoms with Crippen molar-refractivity contribution in [3.63, 3.8) is 0 Å². The van der Waals surface area contributed by atoms with Crippen LogP contribution in [0.15, 0.2) is 11.6 Å². The first-order valence-corrected chi connectivity index (χ1v) is 8.53. The van der Waals surface area contributed by atoms with Gasteiger partial charge in [-0.3, -0.25) is 14.9 Å². The third-order valence-corrected chi connectivity index (χ3v) is 5.96. The van der Waals surface area contributed by atoms with Gasteiger partial charge in [-0.2, -0.15) is 0 Å². The first-order valence-electron chi connectivity index (χ1n) is 7.65. The Balaban J connectivity index is 1.43. The van der Waals surface area contributed by atoms with E-state index in [9.17, 15) is 9.59 Å². The molecule has 0 aliphatic heterocycles. The molecule has 4 aliphatic carbocycles. The number of carbonyl (C=O) groups excluding carboxylic acids is 2. The van der Waals surface area contributed by atoms with Crippen molar-refractivity contribution < 1.29 is 9.59 Å². The maximum Gasteiger partial charge on any atom is 0.315 e. The summed E-state index contributed by atoms with van der Waals surface area (Å²) < 4.78 is 0. The molecule has 4 bridgehead atoms. The van der Waals surface area contributed by atoms with E-state index in [2.05, 4.69) is 15.6 Å². The van der Waals surface area contributed by atoms with Crippen LogP contribution in [0.5, 0.6) is 0 Å². The summed E-state index contributed by atoms with van der Waals surface area (Å²) in [5.74, 6) is 1.14. The molecule has 0 spiro atoms. The van der Waals surface area contributed by atoms with Crippen LogP contribution in [0.3, 0.4) is 0 Å². The van der Waals surface area contributed by atoms with Gasteiger partial charge in [-0.05, 0) is 56.3 Å². The van der Waals surface area contributed by atoms with Crippen molar-refractivity contribution in [1.29, 1.82) is 0 Å². The summed E-state index contributed by atoms with van der Waals surface area (Å²) in [4.78, 5) is 28.2. The number of nitrogens with zero attached hydrogens (tertiary/aromatic N) is 1. The van der Waals surface area contributed by atoms with Crippen LogP contribution >= 0.6 is 11.3 Å². The zero-order chi connectivity index (χ0) is 14.4. The van der Waals surface area contributed by atoms with Crippen molar-refractivity contribution in [2.24, 2.45) is 17.8 Å². The van der Waals surface area contributed by atoms with Gasteiger partial charge in [0.05, 0.1) is 0 Å². The molecule has 5 rings (SSSR count). The summed E-state index contributed by atoms with van der Waals surface area (Å²) >= 11 is 1.32. The van der Waals surface area contributed by atoms with E-state index in [1.165, 1.54) is 30.6 Å². The van der Waals surface area contributed by atoms with Crippen LogP contribution in [0.25, 0.3) is 0 Å². The zero-order valence-corrected chi connectivity index (χ0v) is 12.6. The van der Waals surface area contributed by atoms with Crippen LogP contribution in [0, 0.1) is 17.8 Å². The summed E-state index contributed by atoms with van der Waals surface area (Å²) in [6, 6.07) is 0. The minimum Gasteiger partial charge on any atom is -0.342 e. The standard InChI is InChI=1S/C15H19N3O2S/c19-12(17-14-16-1-2-21-14)13(20)18-15-6-9-3-10(7-15)5-11(4-9)8-15/h1-2,9-11H,3-8H2,(H,18,20)(H,16,17,19). The van der Waals surface area contributed by atoms with Gasteiger partial charge in [0.2, 0.25) is 0 Å². The predicted molar refractivity (Wildman–Crippen MR) is 79.8 cm³/mol. The summed E-state index contributed by atoms with van der Waals surface area (Å²) in [6.07, 6.45) is 8.72. The molecule has 4 fully saturated rings. The van der Waals surface area contributed by atoms with Crippen LogP contribution in [0.2, 0.25) is 0 Å². The minimum atomic E-state index is -0.597. The van der Waals surface area contributed by atoms with Gasteiger partial charge in [0, 0.05) is 17.1 Å². The van der Waals surface area contributed by atoms with E-state index in [0.717, 1.165) is 37.0 Å². The first kappa shape index (κ1) is 13.2.